The van der Waals surface area contributed by atoms with Crippen molar-refractivity contribution in [1.82, 2.24) is 0 Å². The van der Waals surface area contributed by atoms with Gasteiger partial charge >= 0.3 is 0 Å². The molecule has 3 aromatic rings. The maximum Gasteiger partial charge on any atom is 0.171 e. The molecule has 0 amide bonds. The Morgan fingerprint density at radius 1 is 0.875 bits per heavy atom. The summed E-state index contributed by atoms with van der Waals surface area (Å²) in [6.45, 7) is 3.27. The number of benzene rings is 2. The number of hydrogen-bond donors (Lipinski definition) is 1. The Kier molecular flexibility index (Phi) is 5.16. The van der Waals surface area contributed by atoms with E-state index in [1.54, 1.807) is 0 Å². The van der Waals surface area contributed by atoms with Crippen molar-refractivity contribution in [3.63, 3.8) is 0 Å². The second kappa shape index (κ2) is 7.68. The molecule has 0 unspecified atom stereocenters. The fraction of sp³-hybridized carbons (Fsp3) is 0.250. The summed E-state index contributed by atoms with van der Waals surface area (Å²) in [7, 11) is 0. The standard InChI is InChI=1S/C20H22N4/c1-2-3-6-13-24-14-11-16(12-15-24)22-23-20-10-9-19(21)17-7-4-5-8-18(17)20/h4-5,7-12,14-15,21H,2-3,6,13H2,1H3/p+1. The van der Waals surface area contributed by atoms with Gasteiger partial charge < -0.3 is 5.73 Å². The van der Waals surface area contributed by atoms with Crippen LogP contribution >= 0.6 is 0 Å². The Labute approximate surface area is 142 Å². The fourth-order valence-corrected chi connectivity index (χ4v) is 2.71. The summed E-state index contributed by atoms with van der Waals surface area (Å²) in [4.78, 5) is 0. The van der Waals surface area contributed by atoms with Crippen LogP contribution < -0.4 is 10.3 Å². The summed E-state index contributed by atoms with van der Waals surface area (Å²) < 4.78 is 2.19. The number of azo groups is 1. The van der Waals surface area contributed by atoms with Crippen LogP contribution in [0.15, 0.2) is 71.2 Å². The van der Waals surface area contributed by atoms with Crippen molar-refractivity contribution >= 4 is 27.8 Å². The molecule has 0 spiro atoms. The van der Waals surface area contributed by atoms with Gasteiger partial charge in [-0.2, -0.15) is 5.11 Å². The molecule has 4 nitrogen and oxygen atoms in total. The number of unbranched alkanes of at least 4 members (excludes halogenated alkanes) is 2. The van der Waals surface area contributed by atoms with Crippen molar-refractivity contribution in [3.05, 3.63) is 60.9 Å². The van der Waals surface area contributed by atoms with Gasteiger partial charge in [0.25, 0.3) is 0 Å². The number of nitrogen functional groups attached to an aromatic ring is 1. The first-order chi connectivity index (χ1) is 11.8. The van der Waals surface area contributed by atoms with Crippen molar-refractivity contribution in [2.75, 3.05) is 5.73 Å². The molecule has 122 valence electrons. The number of pyridine rings is 1. The van der Waals surface area contributed by atoms with Crippen LogP contribution in [0.4, 0.5) is 17.1 Å². The fourth-order valence-electron chi connectivity index (χ4n) is 2.71. The van der Waals surface area contributed by atoms with E-state index >= 15 is 0 Å². The molecule has 2 N–H and O–H groups in total. The van der Waals surface area contributed by atoms with Gasteiger partial charge in [-0.05, 0) is 18.6 Å². The molecule has 0 fully saturated rings. The SMILES string of the molecule is CCCCC[n+]1ccc(N=Nc2ccc(N)c3ccccc23)cc1. The average molecular weight is 319 g/mol. The zero-order valence-electron chi connectivity index (χ0n) is 14.0. The van der Waals surface area contributed by atoms with Gasteiger partial charge in [-0.25, -0.2) is 4.57 Å². The molecule has 2 aromatic carbocycles. The molecule has 24 heavy (non-hydrogen) atoms. The molecular formula is C20H23N4+. The van der Waals surface area contributed by atoms with Gasteiger partial charge in [0, 0.05) is 35.0 Å². The lowest BCUT2D eigenvalue weighted by Gasteiger charge is -2.04. The number of aromatic nitrogens is 1. The average Bonchev–Trinajstić information content (AvgIpc) is 2.63. The van der Waals surface area contributed by atoms with Gasteiger partial charge in [-0.1, -0.05) is 37.6 Å². The van der Waals surface area contributed by atoms with Crippen LogP contribution in [-0.2, 0) is 6.54 Å². The number of hydrogen-bond acceptors (Lipinski definition) is 3. The Morgan fingerprint density at radius 2 is 1.62 bits per heavy atom. The third-order valence-electron chi connectivity index (χ3n) is 4.10. The minimum absolute atomic E-state index is 0.761. The number of nitrogens with zero attached hydrogens (tertiary/aromatic N) is 3. The quantitative estimate of drug-likeness (QED) is 0.284. The van der Waals surface area contributed by atoms with E-state index < -0.39 is 0 Å². The molecule has 0 atom stereocenters. The Hall–Kier alpha value is -2.75. The Morgan fingerprint density at radius 3 is 2.38 bits per heavy atom. The second-order valence-electron chi connectivity index (χ2n) is 5.92. The summed E-state index contributed by atoms with van der Waals surface area (Å²) in [6, 6.07) is 15.8. The second-order valence-corrected chi connectivity index (χ2v) is 5.92. The number of fused-ring (bicyclic) bond motifs is 1. The van der Waals surface area contributed by atoms with Gasteiger partial charge in [0.05, 0.1) is 11.4 Å². The molecule has 1 heterocycles. The third kappa shape index (κ3) is 3.77. The van der Waals surface area contributed by atoms with E-state index in [2.05, 4.69) is 34.1 Å². The maximum atomic E-state index is 6.02. The highest BCUT2D eigenvalue weighted by atomic mass is 15.1. The number of rotatable bonds is 6. The molecule has 0 aliphatic heterocycles. The predicted octanol–water partition coefficient (Wildman–Crippen LogP) is 5.32. The van der Waals surface area contributed by atoms with Crippen molar-refractivity contribution in [2.45, 2.75) is 32.7 Å². The first-order valence-electron chi connectivity index (χ1n) is 8.46. The molecule has 0 saturated carbocycles. The largest absolute Gasteiger partial charge is 0.398 e. The van der Waals surface area contributed by atoms with Crippen LogP contribution in [0.3, 0.4) is 0 Å². The monoisotopic (exact) mass is 319 g/mol. The lowest BCUT2D eigenvalue weighted by atomic mass is 10.1. The van der Waals surface area contributed by atoms with Crippen LogP contribution in [0.1, 0.15) is 26.2 Å². The van der Waals surface area contributed by atoms with Crippen LogP contribution in [0, 0.1) is 0 Å². The lowest BCUT2D eigenvalue weighted by molar-refractivity contribution is -0.697. The van der Waals surface area contributed by atoms with E-state index in [0.717, 1.165) is 34.4 Å². The molecular weight excluding hydrogens is 296 g/mol. The summed E-state index contributed by atoms with van der Waals surface area (Å²) in [5, 5.41) is 10.8. The van der Waals surface area contributed by atoms with Gasteiger partial charge in [0.15, 0.2) is 12.4 Å². The maximum absolute atomic E-state index is 6.02. The van der Waals surface area contributed by atoms with Gasteiger partial charge in [-0.3, -0.25) is 0 Å². The zero-order valence-corrected chi connectivity index (χ0v) is 14.0. The molecule has 0 radical (unpaired) electrons. The predicted molar refractivity (Wildman–Crippen MR) is 98.7 cm³/mol. The topological polar surface area (TPSA) is 54.6 Å². The number of nitrogens with two attached hydrogens (primary N) is 1. The summed E-state index contributed by atoms with van der Waals surface area (Å²) in [5.74, 6) is 0. The van der Waals surface area contributed by atoms with Gasteiger partial charge in [-0.15, -0.1) is 5.11 Å². The molecule has 0 aliphatic carbocycles. The normalized spacial score (nSPS) is 11.4. The van der Waals surface area contributed by atoms with Crippen LogP contribution in [0.25, 0.3) is 10.8 Å². The first-order valence-corrected chi connectivity index (χ1v) is 8.46. The zero-order chi connectivity index (χ0) is 16.8. The Balaban J connectivity index is 1.78. The summed E-state index contributed by atoms with van der Waals surface area (Å²) in [5.41, 5.74) is 8.47. The van der Waals surface area contributed by atoms with Crippen molar-refractivity contribution in [1.29, 1.82) is 0 Å². The molecule has 3 rings (SSSR count). The van der Waals surface area contributed by atoms with Crippen LogP contribution in [0.2, 0.25) is 0 Å². The molecule has 4 heteroatoms. The number of anilines is 1. The van der Waals surface area contributed by atoms with Crippen LogP contribution in [-0.4, -0.2) is 0 Å². The van der Waals surface area contributed by atoms with E-state index in [9.17, 15) is 0 Å². The van der Waals surface area contributed by atoms with E-state index in [4.69, 9.17) is 5.73 Å². The van der Waals surface area contributed by atoms with E-state index in [1.807, 2.05) is 48.5 Å². The molecule has 1 aromatic heterocycles. The van der Waals surface area contributed by atoms with Crippen molar-refractivity contribution in [2.24, 2.45) is 10.2 Å². The molecule has 0 bridgehead atoms. The molecule has 0 saturated heterocycles. The number of aryl methyl sites for hydroxylation is 1. The highest BCUT2D eigenvalue weighted by molar-refractivity contribution is 5.99. The molecule has 0 aliphatic rings. The smallest absolute Gasteiger partial charge is 0.171 e. The Bertz CT molecular complexity index is 838. The lowest BCUT2D eigenvalue weighted by Crippen LogP contribution is -2.32. The van der Waals surface area contributed by atoms with Gasteiger partial charge in [0.2, 0.25) is 0 Å². The van der Waals surface area contributed by atoms with E-state index in [-0.39, 0.29) is 0 Å². The van der Waals surface area contributed by atoms with Crippen LogP contribution in [0.5, 0.6) is 0 Å². The highest BCUT2D eigenvalue weighted by Crippen LogP contribution is 2.31. The van der Waals surface area contributed by atoms with E-state index in [1.165, 1.54) is 19.3 Å². The summed E-state index contributed by atoms with van der Waals surface area (Å²) in [6.07, 6.45) is 7.83. The van der Waals surface area contributed by atoms with E-state index in [0.29, 0.717) is 0 Å². The highest BCUT2D eigenvalue weighted by Gasteiger charge is 2.03. The van der Waals surface area contributed by atoms with Crippen molar-refractivity contribution < 1.29 is 4.57 Å². The first kappa shape index (κ1) is 16.1. The van der Waals surface area contributed by atoms with Crippen molar-refractivity contribution in [3.8, 4) is 0 Å². The minimum Gasteiger partial charge on any atom is -0.398 e. The minimum atomic E-state index is 0.761. The summed E-state index contributed by atoms with van der Waals surface area (Å²) >= 11 is 0. The third-order valence-corrected chi connectivity index (χ3v) is 4.10. The van der Waals surface area contributed by atoms with Gasteiger partial charge in [0.1, 0.15) is 6.54 Å².